The Labute approximate surface area is 201 Å². The van der Waals surface area contributed by atoms with Crippen molar-refractivity contribution in [2.45, 2.75) is 23.0 Å². The molecule has 0 atom stereocenters. The van der Waals surface area contributed by atoms with Crippen molar-refractivity contribution in [1.82, 2.24) is 28.5 Å². The lowest BCUT2D eigenvalue weighted by atomic mass is 10.1. The maximum Gasteiger partial charge on any atom is 0.299 e. The van der Waals surface area contributed by atoms with Crippen LogP contribution < -0.4 is 0 Å². The number of benzene rings is 3. The van der Waals surface area contributed by atoms with Gasteiger partial charge in [-0.25, -0.2) is 4.98 Å². The normalized spacial score (nSPS) is 11.5. The largest absolute Gasteiger partial charge is 0.323 e. The number of rotatable bonds is 6. The van der Waals surface area contributed by atoms with E-state index in [4.69, 9.17) is 4.98 Å². The molecule has 0 unspecified atom stereocenters. The third-order valence-corrected chi connectivity index (χ3v) is 6.91. The SMILES string of the molecule is O=[N+]([O-])c1cc(Sc2nnc3c4ccccc4n(CCc4ccccc4)c3n2)cc2nsnc12. The van der Waals surface area contributed by atoms with E-state index in [-0.39, 0.29) is 11.2 Å². The second-order valence-corrected chi connectivity index (χ2v) is 9.17. The van der Waals surface area contributed by atoms with Gasteiger partial charge in [0, 0.05) is 22.9 Å². The molecule has 0 aliphatic heterocycles. The van der Waals surface area contributed by atoms with E-state index in [0.717, 1.165) is 46.8 Å². The van der Waals surface area contributed by atoms with Gasteiger partial charge in [-0.05, 0) is 35.9 Å². The summed E-state index contributed by atoms with van der Waals surface area (Å²) in [5.41, 5.74) is 4.44. The number of aromatic nitrogens is 6. The molecule has 3 heterocycles. The molecule has 3 aromatic heterocycles. The first kappa shape index (κ1) is 20.6. The summed E-state index contributed by atoms with van der Waals surface area (Å²) in [6.07, 6.45) is 0.848. The summed E-state index contributed by atoms with van der Waals surface area (Å²) in [5.74, 6) is 0. The topological polar surface area (TPSA) is 113 Å². The van der Waals surface area contributed by atoms with Crippen molar-refractivity contribution < 1.29 is 4.92 Å². The maximum atomic E-state index is 11.5. The lowest BCUT2D eigenvalue weighted by molar-refractivity contribution is -0.383. The lowest BCUT2D eigenvalue weighted by Gasteiger charge is -2.07. The highest BCUT2D eigenvalue weighted by atomic mass is 32.2. The van der Waals surface area contributed by atoms with Gasteiger partial charge in [0.1, 0.15) is 11.0 Å². The first-order chi connectivity index (χ1) is 16.7. The molecule has 6 aromatic rings. The minimum absolute atomic E-state index is 0.0836. The Kier molecular flexibility index (Phi) is 5.12. The van der Waals surface area contributed by atoms with Crippen LogP contribution in [-0.4, -0.2) is 33.4 Å². The summed E-state index contributed by atoms with van der Waals surface area (Å²) in [5, 5.41) is 21.7. The number of aryl methyl sites for hydroxylation is 2. The van der Waals surface area contributed by atoms with Gasteiger partial charge in [-0.1, -0.05) is 48.5 Å². The van der Waals surface area contributed by atoms with Crippen LogP contribution in [0.4, 0.5) is 5.69 Å². The molecule has 0 bridgehead atoms. The number of fused-ring (bicyclic) bond motifs is 4. The Morgan fingerprint density at radius 3 is 2.65 bits per heavy atom. The van der Waals surface area contributed by atoms with E-state index in [1.165, 1.54) is 23.4 Å². The van der Waals surface area contributed by atoms with Crippen molar-refractivity contribution in [3.05, 3.63) is 82.4 Å². The summed E-state index contributed by atoms with van der Waals surface area (Å²) in [6.45, 7) is 0.735. The zero-order valence-corrected chi connectivity index (χ0v) is 19.2. The Morgan fingerprint density at radius 2 is 1.79 bits per heavy atom. The molecule has 9 nitrogen and oxygen atoms in total. The van der Waals surface area contributed by atoms with Crippen LogP contribution in [0.5, 0.6) is 0 Å². The standard InChI is InChI=1S/C23H15N7O2S2/c31-30(32)19-13-15(12-17-21(19)28-34-27-17)33-23-24-22-20(25-26-23)16-8-4-5-9-18(16)29(22)11-10-14-6-2-1-3-7-14/h1-9,12-13H,10-11H2. The van der Waals surface area contributed by atoms with Gasteiger partial charge < -0.3 is 4.57 Å². The number of non-ortho nitro benzene ring substituents is 1. The average molecular weight is 486 g/mol. The number of hydrogen-bond acceptors (Lipinski definition) is 9. The highest BCUT2D eigenvalue weighted by molar-refractivity contribution is 7.99. The van der Waals surface area contributed by atoms with Gasteiger partial charge in [0.25, 0.3) is 5.69 Å². The molecular weight excluding hydrogens is 470 g/mol. The monoisotopic (exact) mass is 485 g/mol. The van der Waals surface area contributed by atoms with Crippen molar-refractivity contribution in [2.75, 3.05) is 0 Å². The van der Waals surface area contributed by atoms with Crippen molar-refractivity contribution >= 4 is 62.3 Å². The molecule has 0 saturated heterocycles. The Bertz CT molecular complexity index is 1680. The first-order valence-electron chi connectivity index (χ1n) is 10.4. The van der Waals surface area contributed by atoms with Crippen LogP contribution in [0, 0.1) is 10.1 Å². The number of nitro groups is 1. The quantitative estimate of drug-likeness (QED) is 0.231. The molecule has 0 spiro atoms. The minimum Gasteiger partial charge on any atom is -0.323 e. The molecule has 0 aliphatic rings. The van der Waals surface area contributed by atoms with Crippen LogP contribution in [0.3, 0.4) is 0 Å². The predicted molar refractivity (Wildman–Crippen MR) is 131 cm³/mol. The molecule has 0 saturated carbocycles. The van der Waals surface area contributed by atoms with E-state index in [9.17, 15) is 10.1 Å². The van der Waals surface area contributed by atoms with Crippen molar-refractivity contribution in [1.29, 1.82) is 0 Å². The van der Waals surface area contributed by atoms with Crippen molar-refractivity contribution in [3.8, 4) is 0 Å². The van der Waals surface area contributed by atoms with Gasteiger partial charge in [0.15, 0.2) is 11.2 Å². The molecule has 0 amide bonds. The Hall–Kier alpha value is -3.96. The van der Waals surface area contributed by atoms with Gasteiger partial charge >= 0.3 is 0 Å². The smallest absolute Gasteiger partial charge is 0.299 e. The first-order valence-corrected chi connectivity index (χ1v) is 12.0. The molecule has 166 valence electrons. The molecule has 0 aliphatic carbocycles. The predicted octanol–water partition coefficient (Wildman–Crippen LogP) is 5.29. The fourth-order valence-electron chi connectivity index (χ4n) is 4.00. The molecule has 0 N–H and O–H groups in total. The lowest BCUT2D eigenvalue weighted by Crippen LogP contribution is -2.03. The van der Waals surface area contributed by atoms with E-state index in [0.29, 0.717) is 15.6 Å². The van der Waals surface area contributed by atoms with Crippen LogP contribution in [0.15, 0.2) is 76.8 Å². The number of nitrogens with zero attached hydrogens (tertiary/aromatic N) is 7. The second kappa shape index (κ2) is 8.43. The van der Waals surface area contributed by atoms with E-state index >= 15 is 0 Å². The minimum atomic E-state index is -0.447. The third-order valence-electron chi connectivity index (χ3n) is 5.54. The number of para-hydroxylation sites is 1. The molecular formula is C23H15N7O2S2. The van der Waals surface area contributed by atoms with Gasteiger partial charge in [0.05, 0.1) is 22.2 Å². The van der Waals surface area contributed by atoms with Crippen molar-refractivity contribution in [3.63, 3.8) is 0 Å². The fourth-order valence-corrected chi connectivity index (χ4v) is 5.30. The van der Waals surface area contributed by atoms with Crippen LogP contribution >= 0.6 is 23.5 Å². The average Bonchev–Trinajstić information content (AvgIpc) is 3.45. The summed E-state index contributed by atoms with van der Waals surface area (Å²) in [4.78, 5) is 16.5. The third kappa shape index (κ3) is 3.64. The van der Waals surface area contributed by atoms with Gasteiger partial charge in [0.2, 0.25) is 5.16 Å². The molecule has 6 rings (SSSR count). The zero-order chi connectivity index (χ0) is 23.1. The van der Waals surface area contributed by atoms with Gasteiger partial charge in [-0.3, -0.25) is 10.1 Å². The molecule has 0 fully saturated rings. The van der Waals surface area contributed by atoms with Crippen LogP contribution in [-0.2, 0) is 13.0 Å². The van der Waals surface area contributed by atoms with Crippen molar-refractivity contribution in [2.24, 2.45) is 0 Å². The van der Waals surface area contributed by atoms with E-state index in [1.807, 2.05) is 36.4 Å². The van der Waals surface area contributed by atoms with E-state index in [2.05, 4.69) is 41.7 Å². The summed E-state index contributed by atoms with van der Waals surface area (Å²) in [7, 11) is 0. The second-order valence-electron chi connectivity index (χ2n) is 7.60. The van der Waals surface area contributed by atoms with Gasteiger partial charge in [-0.2, -0.15) is 8.75 Å². The number of nitro benzene ring substituents is 1. The maximum absolute atomic E-state index is 11.5. The fraction of sp³-hybridized carbons (Fsp3) is 0.0870. The Morgan fingerprint density at radius 1 is 0.971 bits per heavy atom. The summed E-state index contributed by atoms with van der Waals surface area (Å²) < 4.78 is 10.4. The molecule has 11 heteroatoms. The molecule has 0 radical (unpaired) electrons. The summed E-state index contributed by atoms with van der Waals surface area (Å²) in [6, 6.07) is 21.6. The zero-order valence-electron chi connectivity index (χ0n) is 17.5. The van der Waals surface area contributed by atoms with Crippen LogP contribution in [0.2, 0.25) is 0 Å². The van der Waals surface area contributed by atoms with Crippen LogP contribution in [0.1, 0.15) is 5.56 Å². The van der Waals surface area contributed by atoms with Gasteiger partial charge in [-0.15, -0.1) is 10.2 Å². The molecule has 34 heavy (non-hydrogen) atoms. The molecule has 3 aromatic carbocycles. The van der Waals surface area contributed by atoms with Crippen LogP contribution in [0.25, 0.3) is 33.1 Å². The van der Waals surface area contributed by atoms with E-state index < -0.39 is 4.92 Å². The number of hydrogen-bond donors (Lipinski definition) is 0. The highest BCUT2D eigenvalue weighted by Gasteiger charge is 2.20. The highest BCUT2D eigenvalue weighted by Crippen LogP contribution is 2.34. The Balaban J connectivity index is 1.42. The van der Waals surface area contributed by atoms with E-state index in [1.54, 1.807) is 6.07 Å². The summed E-state index contributed by atoms with van der Waals surface area (Å²) >= 11 is 2.17.